The van der Waals surface area contributed by atoms with E-state index in [-0.39, 0.29) is 17.1 Å². The van der Waals surface area contributed by atoms with E-state index in [0.717, 1.165) is 19.3 Å². The van der Waals surface area contributed by atoms with Crippen LogP contribution in [0.25, 0.3) is 11.0 Å². The van der Waals surface area contributed by atoms with Crippen molar-refractivity contribution < 1.29 is 44.2 Å². The Hall–Kier alpha value is -2.37. The number of unbranched alkanes of at least 4 members (excludes halogenated alkanes) is 8. The van der Waals surface area contributed by atoms with Gasteiger partial charge in [0.1, 0.15) is 35.7 Å². The Morgan fingerprint density at radius 1 is 0.917 bits per heavy atom. The van der Waals surface area contributed by atoms with Gasteiger partial charge in [-0.1, -0.05) is 58.3 Å². The Bertz CT molecular complexity index is 1000. The molecule has 36 heavy (non-hydrogen) atoms. The van der Waals surface area contributed by atoms with Crippen LogP contribution in [0.15, 0.2) is 27.4 Å². The van der Waals surface area contributed by atoms with Crippen molar-refractivity contribution in [3.05, 3.63) is 28.6 Å². The number of benzene rings is 1. The minimum absolute atomic E-state index is 0.0280. The summed E-state index contributed by atoms with van der Waals surface area (Å²) in [6, 6.07) is 4.39. The summed E-state index contributed by atoms with van der Waals surface area (Å²) in [6.07, 6.45) is 3.21. The molecule has 5 N–H and O–H groups in total. The molecule has 1 aromatic heterocycles. The summed E-state index contributed by atoms with van der Waals surface area (Å²) in [7, 11) is 0. The maximum atomic E-state index is 12.2. The second kappa shape index (κ2) is 13.8. The van der Waals surface area contributed by atoms with Crippen LogP contribution in [-0.4, -0.2) is 69.5 Å². The standard InChI is InChI=1S/C26H38O10/c1-2-3-4-5-6-7-8-9-10-13-33-24-17-12-11-16(14-18(17)35-25(32)23(24)31)34-26-22(30)21(29)20(28)19(15-27)36-26/h11-12,14,19-22,26-31H,2-10,13,15H2,1H3/t19-,20+,21+,22-,26-/m1/s1. The molecule has 0 unspecified atom stereocenters. The fourth-order valence-electron chi connectivity index (χ4n) is 4.25. The molecule has 0 saturated carbocycles. The lowest BCUT2D eigenvalue weighted by Crippen LogP contribution is -2.60. The van der Waals surface area contributed by atoms with Crippen LogP contribution >= 0.6 is 0 Å². The van der Waals surface area contributed by atoms with Crippen molar-refractivity contribution in [1.82, 2.24) is 0 Å². The number of aliphatic hydroxyl groups excluding tert-OH is 4. The zero-order valence-electron chi connectivity index (χ0n) is 20.7. The lowest BCUT2D eigenvalue weighted by atomic mass is 9.99. The molecule has 0 radical (unpaired) electrons. The van der Waals surface area contributed by atoms with Gasteiger partial charge >= 0.3 is 5.63 Å². The summed E-state index contributed by atoms with van der Waals surface area (Å²) in [5.74, 6) is -0.452. The molecule has 10 nitrogen and oxygen atoms in total. The molecule has 10 heteroatoms. The van der Waals surface area contributed by atoms with Gasteiger partial charge in [-0.3, -0.25) is 0 Å². The van der Waals surface area contributed by atoms with Gasteiger partial charge in [0.15, 0.2) is 5.75 Å². The van der Waals surface area contributed by atoms with E-state index in [9.17, 15) is 30.3 Å². The molecule has 5 atom stereocenters. The first-order valence-corrected chi connectivity index (χ1v) is 12.8. The minimum Gasteiger partial charge on any atom is -0.499 e. The highest BCUT2D eigenvalue weighted by Crippen LogP contribution is 2.35. The highest BCUT2D eigenvalue weighted by Gasteiger charge is 2.44. The van der Waals surface area contributed by atoms with Crippen LogP contribution in [0.1, 0.15) is 64.7 Å². The van der Waals surface area contributed by atoms with E-state index in [1.165, 1.54) is 56.7 Å². The predicted octanol–water partition coefficient (Wildman–Crippen LogP) is 2.59. The Morgan fingerprint density at radius 3 is 2.25 bits per heavy atom. The molecule has 1 saturated heterocycles. The second-order valence-electron chi connectivity index (χ2n) is 9.22. The Balaban J connectivity index is 1.60. The molecule has 0 aliphatic carbocycles. The Morgan fingerprint density at radius 2 is 1.58 bits per heavy atom. The van der Waals surface area contributed by atoms with Gasteiger partial charge in [-0.15, -0.1) is 0 Å². The van der Waals surface area contributed by atoms with Crippen molar-refractivity contribution in [3.8, 4) is 17.2 Å². The molecule has 1 aliphatic heterocycles. The van der Waals surface area contributed by atoms with E-state index in [4.69, 9.17) is 18.6 Å². The van der Waals surface area contributed by atoms with Crippen LogP contribution in [0.3, 0.4) is 0 Å². The fourth-order valence-corrected chi connectivity index (χ4v) is 4.25. The largest absolute Gasteiger partial charge is 0.499 e. The van der Waals surface area contributed by atoms with Crippen molar-refractivity contribution in [2.24, 2.45) is 0 Å². The van der Waals surface area contributed by atoms with Crippen molar-refractivity contribution in [2.45, 2.75) is 95.4 Å². The highest BCUT2D eigenvalue weighted by atomic mass is 16.7. The third-order valence-electron chi connectivity index (χ3n) is 6.40. The predicted molar refractivity (Wildman–Crippen MR) is 131 cm³/mol. The van der Waals surface area contributed by atoms with Crippen LogP contribution < -0.4 is 15.1 Å². The van der Waals surface area contributed by atoms with E-state index in [0.29, 0.717) is 12.0 Å². The summed E-state index contributed by atoms with van der Waals surface area (Å²) >= 11 is 0. The molecule has 1 fully saturated rings. The molecule has 0 spiro atoms. The van der Waals surface area contributed by atoms with Gasteiger partial charge < -0.3 is 44.2 Å². The van der Waals surface area contributed by atoms with Crippen LogP contribution in [-0.2, 0) is 4.74 Å². The van der Waals surface area contributed by atoms with Crippen molar-refractivity contribution in [1.29, 1.82) is 0 Å². The number of hydrogen-bond donors (Lipinski definition) is 5. The number of aromatic hydroxyl groups is 1. The first kappa shape index (κ1) is 28.2. The SMILES string of the molecule is CCCCCCCCCCCOc1c(O)c(=O)oc2cc(O[C@@H]3O[C@H](CO)[C@H](O)[C@H](O)[C@H]3O)ccc12. The number of ether oxygens (including phenoxy) is 3. The van der Waals surface area contributed by atoms with Crippen LogP contribution in [0.2, 0.25) is 0 Å². The monoisotopic (exact) mass is 510 g/mol. The quantitative estimate of drug-likeness (QED) is 0.189. The van der Waals surface area contributed by atoms with Gasteiger partial charge in [0.25, 0.3) is 0 Å². The topological polar surface area (TPSA) is 159 Å². The molecule has 3 rings (SSSR count). The smallest absolute Gasteiger partial charge is 0.382 e. The minimum atomic E-state index is -1.59. The van der Waals surface area contributed by atoms with Crippen LogP contribution in [0, 0.1) is 0 Å². The third kappa shape index (κ3) is 7.10. The van der Waals surface area contributed by atoms with Gasteiger partial charge in [-0.05, 0) is 18.6 Å². The molecule has 1 aliphatic rings. The summed E-state index contributed by atoms with van der Waals surface area (Å²) < 4.78 is 21.8. The van der Waals surface area contributed by atoms with Gasteiger partial charge in [0.2, 0.25) is 12.0 Å². The summed E-state index contributed by atoms with van der Waals surface area (Å²) in [5.41, 5.74) is -0.878. The zero-order valence-corrected chi connectivity index (χ0v) is 20.7. The van der Waals surface area contributed by atoms with E-state index in [1.54, 1.807) is 0 Å². The van der Waals surface area contributed by atoms with E-state index >= 15 is 0 Å². The third-order valence-corrected chi connectivity index (χ3v) is 6.40. The molecule has 1 aromatic carbocycles. The number of hydrogen-bond acceptors (Lipinski definition) is 10. The molecule has 0 bridgehead atoms. The van der Waals surface area contributed by atoms with E-state index < -0.39 is 48.7 Å². The van der Waals surface area contributed by atoms with Crippen molar-refractivity contribution in [3.63, 3.8) is 0 Å². The van der Waals surface area contributed by atoms with E-state index in [2.05, 4.69) is 6.92 Å². The average Bonchev–Trinajstić information content (AvgIpc) is 2.87. The maximum absolute atomic E-state index is 12.2. The molecule has 2 aromatic rings. The maximum Gasteiger partial charge on any atom is 0.382 e. The van der Waals surface area contributed by atoms with E-state index in [1.807, 2.05) is 0 Å². The zero-order chi connectivity index (χ0) is 26.1. The normalized spacial score (nSPS) is 24.2. The number of aliphatic hydroxyl groups is 4. The van der Waals surface area contributed by atoms with Gasteiger partial charge in [-0.2, -0.15) is 0 Å². The van der Waals surface area contributed by atoms with Gasteiger partial charge in [-0.25, -0.2) is 4.79 Å². The van der Waals surface area contributed by atoms with Crippen molar-refractivity contribution in [2.75, 3.05) is 13.2 Å². The van der Waals surface area contributed by atoms with Crippen molar-refractivity contribution >= 4 is 11.0 Å². The average molecular weight is 511 g/mol. The van der Waals surface area contributed by atoms with Crippen LogP contribution in [0.4, 0.5) is 0 Å². The summed E-state index contributed by atoms with van der Waals surface area (Å²) in [4.78, 5) is 12.2. The summed E-state index contributed by atoms with van der Waals surface area (Å²) in [5, 5.41) is 49.9. The fraction of sp³-hybridized carbons (Fsp3) is 0.654. The summed E-state index contributed by atoms with van der Waals surface area (Å²) in [6.45, 7) is 1.95. The first-order chi connectivity index (χ1) is 17.4. The van der Waals surface area contributed by atoms with Crippen LogP contribution in [0.5, 0.6) is 17.2 Å². The highest BCUT2D eigenvalue weighted by molar-refractivity contribution is 5.86. The number of rotatable bonds is 14. The number of fused-ring (bicyclic) bond motifs is 1. The second-order valence-corrected chi connectivity index (χ2v) is 9.22. The lowest BCUT2D eigenvalue weighted by Gasteiger charge is -2.39. The molecule has 202 valence electrons. The Kier molecular flexibility index (Phi) is 10.8. The molecule has 0 amide bonds. The molecular formula is C26H38O10. The molecule has 2 heterocycles. The molecular weight excluding hydrogens is 472 g/mol. The van der Waals surface area contributed by atoms with Gasteiger partial charge in [0.05, 0.1) is 18.6 Å². The lowest BCUT2D eigenvalue weighted by molar-refractivity contribution is -0.277. The van der Waals surface area contributed by atoms with Gasteiger partial charge in [0, 0.05) is 6.07 Å². The Labute approximate surface area is 210 Å². The first-order valence-electron chi connectivity index (χ1n) is 12.8.